The summed E-state index contributed by atoms with van der Waals surface area (Å²) in [5.74, 6) is 0. The highest BCUT2D eigenvalue weighted by atomic mass is 14.7. The lowest BCUT2D eigenvalue weighted by Crippen LogP contribution is -1.94. The Hall–Kier alpha value is -2.41. The van der Waals surface area contributed by atoms with Gasteiger partial charge in [0.2, 0.25) is 0 Å². The van der Waals surface area contributed by atoms with Crippen LogP contribution >= 0.6 is 0 Å². The predicted molar refractivity (Wildman–Crippen MR) is 95.5 cm³/mol. The molecular formula is C21H21N. The fourth-order valence-electron chi connectivity index (χ4n) is 3.20. The highest BCUT2D eigenvalue weighted by Gasteiger charge is 2.17. The van der Waals surface area contributed by atoms with Crippen molar-refractivity contribution < 1.29 is 0 Å². The SMILES string of the molecule is C=CC1=C(c2cc(-c3ccccc3C)ncc2C=C)CCC1. The number of hydrogen-bond donors (Lipinski definition) is 0. The van der Waals surface area contributed by atoms with E-state index in [0.717, 1.165) is 24.1 Å². The van der Waals surface area contributed by atoms with Crippen molar-refractivity contribution in [1.29, 1.82) is 0 Å². The molecule has 1 nitrogen and oxygen atoms in total. The summed E-state index contributed by atoms with van der Waals surface area (Å²) in [6, 6.07) is 10.6. The summed E-state index contributed by atoms with van der Waals surface area (Å²) >= 11 is 0. The van der Waals surface area contributed by atoms with Gasteiger partial charge in [-0.1, -0.05) is 49.6 Å². The molecule has 0 unspecified atom stereocenters. The lowest BCUT2D eigenvalue weighted by atomic mass is 9.95. The number of allylic oxidation sites excluding steroid dienone is 3. The van der Waals surface area contributed by atoms with E-state index in [9.17, 15) is 0 Å². The summed E-state index contributed by atoms with van der Waals surface area (Å²) in [6.45, 7) is 10.0. The van der Waals surface area contributed by atoms with Gasteiger partial charge in [0.15, 0.2) is 0 Å². The van der Waals surface area contributed by atoms with Crippen LogP contribution in [0.25, 0.3) is 22.9 Å². The quantitative estimate of drug-likeness (QED) is 0.690. The Balaban J connectivity index is 2.18. The van der Waals surface area contributed by atoms with Crippen molar-refractivity contribution in [3.8, 4) is 11.3 Å². The molecule has 1 heteroatoms. The van der Waals surface area contributed by atoms with Crippen molar-refractivity contribution in [3.05, 3.63) is 78.0 Å². The second-order valence-electron chi connectivity index (χ2n) is 5.74. The number of pyridine rings is 1. The molecule has 22 heavy (non-hydrogen) atoms. The molecule has 0 amide bonds. The molecule has 3 rings (SSSR count). The Morgan fingerprint density at radius 3 is 2.59 bits per heavy atom. The molecule has 1 heterocycles. The summed E-state index contributed by atoms with van der Waals surface area (Å²) in [7, 11) is 0. The van der Waals surface area contributed by atoms with E-state index in [-0.39, 0.29) is 0 Å². The van der Waals surface area contributed by atoms with Gasteiger partial charge < -0.3 is 0 Å². The van der Waals surface area contributed by atoms with Crippen LogP contribution in [-0.2, 0) is 0 Å². The second-order valence-corrected chi connectivity index (χ2v) is 5.74. The minimum atomic E-state index is 1.03. The Labute approximate surface area is 132 Å². The second kappa shape index (κ2) is 6.15. The highest BCUT2D eigenvalue weighted by molar-refractivity contribution is 5.81. The van der Waals surface area contributed by atoms with Gasteiger partial charge in [-0.2, -0.15) is 0 Å². The molecule has 0 fully saturated rings. The molecule has 0 atom stereocenters. The maximum absolute atomic E-state index is 4.64. The van der Waals surface area contributed by atoms with E-state index in [1.807, 2.05) is 18.3 Å². The number of aromatic nitrogens is 1. The zero-order chi connectivity index (χ0) is 15.5. The van der Waals surface area contributed by atoms with Crippen LogP contribution in [0.4, 0.5) is 0 Å². The molecule has 0 aliphatic heterocycles. The van der Waals surface area contributed by atoms with Crippen molar-refractivity contribution in [2.75, 3.05) is 0 Å². The lowest BCUT2D eigenvalue weighted by molar-refractivity contribution is 0.920. The molecule has 0 saturated carbocycles. The predicted octanol–water partition coefficient (Wildman–Crippen LogP) is 5.82. The molecule has 110 valence electrons. The van der Waals surface area contributed by atoms with E-state index in [4.69, 9.17) is 0 Å². The summed E-state index contributed by atoms with van der Waals surface area (Å²) in [5.41, 5.74) is 8.60. The van der Waals surface area contributed by atoms with Gasteiger partial charge in [-0.3, -0.25) is 4.98 Å². The average Bonchev–Trinajstić information content (AvgIpc) is 3.03. The van der Waals surface area contributed by atoms with Crippen molar-refractivity contribution >= 4 is 11.6 Å². The van der Waals surface area contributed by atoms with Gasteiger partial charge >= 0.3 is 0 Å². The highest BCUT2D eigenvalue weighted by Crippen LogP contribution is 2.37. The lowest BCUT2D eigenvalue weighted by Gasteiger charge is -2.12. The third-order valence-electron chi connectivity index (χ3n) is 4.41. The molecule has 0 bridgehead atoms. The smallest absolute Gasteiger partial charge is 0.0711 e. The van der Waals surface area contributed by atoms with Crippen molar-refractivity contribution in [3.63, 3.8) is 0 Å². The number of benzene rings is 1. The van der Waals surface area contributed by atoms with E-state index in [1.54, 1.807) is 0 Å². The normalized spacial score (nSPS) is 14.2. The summed E-state index contributed by atoms with van der Waals surface area (Å²) < 4.78 is 0. The van der Waals surface area contributed by atoms with Crippen LogP contribution in [0, 0.1) is 6.92 Å². The van der Waals surface area contributed by atoms with Crippen LogP contribution in [0.15, 0.2) is 61.3 Å². The van der Waals surface area contributed by atoms with Crippen molar-refractivity contribution in [2.24, 2.45) is 0 Å². The molecular weight excluding hydrogens is 266 g/mol. The fourth-order valence-corrected chi connectivity index (χ4v) is 3.20. The molecule has 0 spiro atoms. The number of aryl methyl sites for hydroxylation is 1. The zero-order valence-corrected chi connectivity index (χ0v) is 13.1. The van der Waals surface area contributed by atoms with E-state index in [0.29, 0.717) is 0 Å². The first-order chi connectivity index (χ1) is 10.7. The van der Waals surface area contributed by atoms with Gasteiger partial charge in [-0.05, 0) is 60.1 Å². The minimum Gasteiger partial charge on any atom is -0.256 e. The van der Waals surface area contributed by atoms with Crippen LogP contribution in [0.1, 0.15) is 36.0 Å². The van der Waals surface area contributed by atoms with E-state index in [1.165, 1.54) is 34.3 Å². The van der Waals surface area contributed by atoms with Gasteiger partial charge in [0.05, 0.1) is 5.69 Å². The summed E-state index contributed by atoms with van der Waals surface area (Å²) in [6.07, 6.45) is 9.28. The molecule has 2 aromatic rings. The first-order valence-corrected chi connectivity index (χ1v) is 7.78. The molecule has 1 aliphatic rings. The van der Waals surface area contributed by atoms with E-state index < -0.39 is 0 Å². The van der Waals surface area contributed by atoms with Gasteiger partial charge in [-0.15, -0.1) is 0 Å². The van der Waals surface area contributed by atoms with Crippen LogP contribution < -0.4 is 0 Å². The molecule has 1 aliphatic carbocycles. The minimum absolute atomic E-state index is 1.03. The summed E-state index contributed by atoms with van der Waals surface area (Å²) in [5, 5.41) is 0. The monoisotopic (exact) mass is 287 g/mol. The molecule has 0 radical (unpaired) electrons. The zero-order valence-electron chi connectivity index (χ0n) is 13.1. The van der Waals surface area contributed by atoms with Crippen molar-refractivity contribution in [1.82, 2.24) is 4.98 Å². The van der Waals surface area contributed by atoms with Crippen LogP contribution in [0.2, 0.25) is 0 Å². The first-order valence-electron chi connectivity index (χ1n) is 7.78. The fraction of sp³-hybridized carbons (Fsp3) is 0.190. The topological polar surface area (TPSA) is 12.9 Å². The molecule has 0 N–H and O–H groups in total. The molecule has 0 saturated heterocycles. The molecule has 1 aromatic heterocycles. The van der Waals surface area contributed by atoms with E-state index in [2.05, 4.69) is 55.4 Å². The van der Waals surface area contributed by atoms with Crippen LogP contribution in [0.3, 0.4) is 0 Å². The average molecular weight is 287 g/mol. The Morgan fingerprint density at radius 2 is 1.86 bits per heavy atom. The maximum atomic E-state index is 4.64. The number of hydrogen-bond acceptors (Lipinski definition) is 1. The van der Waals surface area contributed by atoms with Gasteiger partial charge in [-0.25, -0.2) is 0 Å². The van der Waals surface area contributed by atoms with Crippen LogP contribution in [0.5, 0.6) is 0 Å². The van der Waals surface area contributed by atoms with E-state index >= 15 is 0 Å². The van der Waals surface area contributed by atoms with Gasteiger partial charge in [0.25, 0.3) is 0 Å². The third-order valence-corrected chi connectivity index (χ3v) is 4.41. The van der Waals surface area contributed by atoms with Gasteiger partial charge in [0, 0.05) is 11.8 Å². The number of nitrogens with zero attached hydrogens (tertiary/aromatic N) is 1. The van der Waals surface area contributed by atoms with Crippen LogP contribution in [-0.4, -0.2) is 4.98 Å². The maximum Gasteiger partial charge on any atom is 0.0711 e. The largest absolute Gasteiger partial charge is 0.256 e. The van der Waals surface area contributed by atoms with Gasteiger partial charge in [0.1, 0.15) is 0 Å². The Kier molecular flexibility index (Phi) is 4.06. The van der Waals surface area contributed by atoms with Crippen molar-refractivity contribution in [2.45, 2.75) is 26.2 Å². The number of rotatable bonds is 4. The molecule has 1 aromatic carbocycles. The Morgan fingerprint density at radius 1 is 1.05 bits per heavy atom. The first kappa shape index (κ1) is 14.5. The standard InChI is InChI=1S/C21H21N/c1-4-16-10-8-12-19(16)20-13-21(22-14-17(20)5-2)18-11-7-6-9-15(18)3/h4-7,9,11,13-14H,1-2,8,10,12H2,3H3. The third kappa shape index (κ3) is 2.55. The summed E-state index contributed by atoms with van der Waals surface area (Å²) in [4.78, 5) is 4.64. The Bertz CT molecular complexity index is 765.